The Bertz CT molecular complexity index is 1090. The number of nitrogens with zero attached hydrogens (tertiary/aromatic N) is 2. The van der Waals surface area contributed by atoms with E-state index in [-0.39, 0.29) is 24.6 Å². The molecule has 3 aromatic rings. The minimum atomic E-state index is -4.98. The smallest absolute Gasteiger partial charge is 0.471 e. The van der Waals surface area contributed by atoms with Gasteiger partial charge in [0.25, 0.3) is 0 Å². The Balaban J connectivity index is 1.78. The first-order valence-corrected chi connectivity index (χ1v) is 9.39. The van der Waals surface area contributed by atoms with Gasteiger partial charge in [-0.15, -0.1) is 0 Å². The molecule has 0 atom stereocenters. The zero-order chi connectivity index (χ0) is 24.2. The third-order valence-corrected chi connectivity index (χ3v) is 4.38. The predicted octanol–water partition coefficient (Wildman–Crippen LogP) is 4.62. The van der Waals surface area contributed by atoms with Crippen molar-refractivity contribution in [3.8, 4) is 28.4 Å². The Kier molecular flexibility index (Phi) is 6.84. The first-order chi connectivity index (χ1) is 15.5. The third-order valence-electron chi connectivity index (χ3n) is 4.38. The van der Waals surface area contributed by atoms with Crippen molar-refractivity contribution in [3.05, 3.63) is 60.3 Å². The maximum Gasteiger partial charge on any atom is 0.471 e. The predicted molar refractivity (Wildman–Crippen MR) is 105 cm³/mol. The molecule has 1 N–H and O–H groups in total. The standard InChI is InChI=1S/C21H17F6N3O3/c1-32-15-8-4-14(5-9-15)30-17(12-18(29-30)20(22,23)24)13-2-6-16(7-3-13)33-11-10-28-19(31)21(25,26)27/h2-9,12H,10-11H2,1H3,(H,28,31). The molecule has 0 bridgehead atoms. The Labute approximate surface area is 183 Å². The van der Waals surface area contributed by atoms with Crippen LogP contribution in [0, 0.1) is 0 Å². The van der Waals surface area contributed by atoms with Crippen molar-refractivity contribution in [2.24, 2.45) is 0 Å². The first kappa shape index (κ1) is 24.0. The number of methoxy groups -OCH3 is 1. The van der Waals surface area contributed by atoms with Gasteiger partial charge in [0.2, 0.25) is 0 Å². The molecule has 0 saturated carbocycles. The molecule has 0 unspecified atom stereocenters. The molecule has 1 heterocycles. The highest BCUT2D eigenvalue weighted by molar-refractivity contribution is 5.81. The van der Waals surface area contributed by atoms with Crippen molar-refractivity contribution in [2.45, 2.75) is 12.4 Å². The second kappa shape index (κ2) is 9.43. The third kappa shape index (κ3) is 5.96. The van der Waals surface area contributed by atoms with Gasteiger partial charge >= 0.3 is 18.3 Å². The fourth-order valence-corrected chi connectivity index (χ4v) is 2.80. The van der Waals surface area contributed by atoms with Gasteiger partial charge < -0.3 is 14.8 Å². The zero-order valence-electron chi connectivity index (χ0n) is 17.0. The van der Waals surface area contributed by atoms with Gasteiger partial charge in [-0.3, -0.25) is 4.79 Å². The molecule has 0 fully saturated rings. The van der Waals surface area contributed by atoms with Gasteiger partial charge in [0.1, 0.15) is 18.1 Å². The lowest BCUT2D eigenvalue weighted by molar-refractivity contribution is -0.173. The number of alkyl halides is 6. The summed E-state index contributed by atoms with van der Waals surface area (Å²) >= 11 is 0. The van der Waals surface area contributed by atoms with E-state index in [4.69, 9.17) is 9.47 Å². The van der Waals surface area contributed by atoms with Crippen molar-refractivity contribution in [2.75, 3.05) is 20.3 Å². The van der Waals surface area contributed by atoms with Crippen LogP contribution in [-0.2, 0) is 11.0 Å². The SMILES string of the molecule is COc1ccc(-n2nc(C(F)(F)F)cc2-c2ccc(OCCNC(=O)C(F)(F)F)cc2)cc1. The number of benzene rings is 2. The van der Waals surface area contributed by atoms with Crippen molar-refractivity contribution in [1.29, 1.82) is 0 Å². The van der Waals surface area contributed by atoms with E-state index < -0.39 is 24.0 Å². The molecule has 176 valence electrons. The van der Waals surface area contributed by atoms with Crippen molar-refractivity contribution in [3.63, 3.8) is 0 Å². The number of ether oxygens (including phenoxy) is 2. The van der Waals surface area contributed by atoms with E-state index in [1.54, 1.807) is 29.6 Å². The van der Waals surface area contributed by atoms with Crippen molar-refractivity contribution >= 4 is 5.91 Å². The number of hydrogen-bond acceptors (Lipinski definition) is 4. The largest absolute Gasteiger partial charge is 0.497 e. The molecule has 0 aliphatic carbocycles. The van der Waals surface area contributed by atoms with E-state index in [9.17, 15) is 31.1 Å². The van der Waals surface area contributed by atoms with Gasteiger partial charge in [0.05, 0.1) is 25.0 Å². The number of aromatic nitrogens is 2. The molecule has 1 amide bonds. The molecule has 0 aliphatic heterocycles. The molecule has 12 heteroatoms. The molecular formula is C21H17F6N3O3. The minimum absolute atomic E-state index is 0.163. The maximum absolute atomic E-state index is 13.3. The summed E-state index contributed by atoms with van der Waals surface area (Å²) in [6.45, 7) is -0.609. The molecule has 0 spiro atoms. The summed E-state index contributed by atoms with van der Waals surface area (Å²) in [5.41, 5.74) is -0.140. The first-order valence-electron chi connectivity index (χ1n) is 9.39. The van der Waals surface area contributed by atoms with Crippen LogP contribution in [-0.4, -0.2) is 42.1 Å². The number of rotatable bonds is 7. The number of nitrogens with one attached hydrogen (secondary N) is 1. The number of amides is 1. The minimum Gasteiger partial charge on any atom is -0.497 e. The lowest BCUT2D eigenvalue weighted by Gasteiger charge is -2.11. The van der Waals surface area contributed by atoms with E-state index in [0.717, 1.165) is 10.7 Å². The van der Waals surface area contributed by atoms with Crippen molar-refractivity contribution < 1.29 is 40.6 Å². The summed E-state index contributed by atoms with van der Waals surface area (Å²) in [5.74, 6) is -1.29. The summed E-state index contributed by atoms with van der Waals surface area (Å²) in [6, 6.07) is 13.1. The lowest BCUT2D eigenvalue weighted by atomic mass is 10.1. The van der Waals surface area contributed by atoms with E-state index in [2.05, 4.69) is 5.10 Å². The summed E-state index contributed by atoms with van der Waals surface area (Å²) in [4.78, 5) is 10.7. The number of hydrogen-bond donors (Lipinski definition) is 1. The lowest BCUT2D eigenvalue weighted by Crippen LogP contribution is -2.38. The Hall–Kier alpha value is -3.70. The Morgan fingerprint density at radius 2 is 1.58 bits per heavy atom. The molecule has 0 saturated heterocycles. The molecule has 1 aromatic heterocycles. The monoisotopic (exact) mass is 473 g/mol. The average Bonchev–Trinajstić information content (AvgIpc) is 3.22. The molecule has 3 rings (SSSR count). The molecule has 0 radical (unpaired) electrons. The molecule has 2 aromatic carbocycles. The van der Waals surface area contributed by atoms with Gasteiger partial charge in [-0.05, 0) is 54.6 Å². The molecule has 0 aliphatic rings. The van der Waals surface area contributed by atoms with Gasteiger partial charge in [-0.2, -0.15) is 31.4 Å². The highest BCUT2D eigenvalue weighted by atomic mass is 19.4. The highest BCUT2D eigenvalue weighted by Gasteiger charge is 2.38. The zero-order valence-corrected chi connectivity index (χ0v) is 17.0. The maximum atomic E-state index is 13.3. The summed E-state index contributed by atoms with van der Waals surface area (Å²) < 4.78 is 87.7. The van der Waals surface area contributed by atoms with E-state index in [1.165, 1.54) is 31.4 Å². The van der Waals surface area contributed by atoms with Gasteiger partial charge in [0.15, 0.2) is 5.69 Å². The van der Waals surface area contributed by atoms with Crippen LogP contribution >= 0.6 is 0 Å². The van der Waals surface area contributed by atoms with Crippen LogP contribution in [0.25, 0.3) is 16.9 Å². The van der Waals surface area contributed by atoms with Crippen LogP contribution in [0.2, 0.25) is 0 Å². The summed E-state index contributed by atoms with van der Waals surface area (Å²) in [7, 11) is 1.46. The van der Waals surface area contributed by atoms with Crippen molar-refractivity contribution in [1.82, 2.24) is 15.1 Å². The number of carbonyl (C=O) groups excluding carboxylic acids is 1. The van der Waals surface area contributed by atoms with E-state index >= 15 is 0 Å². The molecule has 33 heavy (non-hydrogen) atoms. The highest BCUT2D eigenvalue weighted by Crippen LogP contribution is 2.34. The van der Waals surface area contributed by atoms with Gasteiger partial charge in [-0.1, -0.05) is 0 Å². The van der Waals surface area contributed by atoms with Gasteiger partial charge in [0, 0.05) is 5.56 Å². The van der Waals surface area contributed by atoms with Crippen LogP contribution in [0.4, 0.5) is 26.3 Å². The van der Waals surface area contributed by atoms with Crippen LogP contribution in [0.1, 0.15) is 5.69 Å². The summed E-state index contributed by atoms with van der Waals surface area (Å²) in [6.07, 6.45) is -9.64. The second-order valence-corrected chi connectivity index (χ2v) is 6.65. The Morgan fingerprint density at radius 3 is 2.12 bits per heavy atom. The Morgan fingerprint density at radius 1 is 0.970 bits per heavy atom. The quantitative estimate of drug-likeness (QED) is 0.402. The second-order valence-electron chi connectivity index (χ2n) is 6.65. The fourth-order valence-electron chi connectivity index (χ4n) is 2.80. The topological polar surface area (TPSA) is 65.4 Å². The number of halogens is 6. The van der Waals surface area contributed by atoms with E-state index in [0.29, 0.717) is 17.0 Å². The van der Waals surface area contributed by atoms with Crippen LogP contribution in [0.3, 0.4) is 0 Å². The number of carbonyl (C=O) groups is 1. The fraction of sp³-hybridized carbons (Fsp3) is 0.238. The summed E-state index contributed by atoms with van der Waals surface area (Å²) in [5, 5.41) is 5.36. The van der Waals surface area contributed by atoms with E-state index in [1.807, 2.05) is 0 Å². The van der Waals surface area contributed by atoms with Gasteiger partial charge in [-0.25, -0.2) is 4.68 Å². The van der Waals surface area contributed by atoms with Crippen LogP contribution in [0.5, 0.6) is 11.5 Å². The molecule has 6 nitrogen and oxygen atoms in total. The normalized spacial score (nSPS) is 11.8. The van der Waals surface area contributed by atoms with Crippen LogP contribution < -0.4 is 14.8 Å². The van der Waals surface area contributed by atoms with Crippen LogP contribution in [0.15, 0.2) is 54.6 Å². The molecular weight excluding hydrogens is 456 g/mol. The average molecular weight is 473 g/mol.